The molecule has 12 heteroatoms. The van der Waals surface area contributed by atoms with Gasteiger partial charge in [0.2, 0.25) is 0 Å². The highest BCUT2D eigenvalue weighted by Crippen LogP contribution is 2.30. The molecule has 0 spiro atoms. The lowest BCUT2D eigenvalue weighted by atomic mass is 10.1. The Balaban J connectivity index is 0.000000190. The van der Waals surface area contributed by atoms with E-state index in [1.165, 1.54) is 24.3 Å². The van der Waals surface area contributed by atoms with Crippen LogP contribution in [0, 0.1) is 25.5 Å². The molecule has 3 N–H and O–H groups in total. The van der Waals surface area contributed by atoms with E-state index in [1.54, 1.807) is 36.8 Å². The van der Waals surface area contributed by atoms with E-state index < -0.39 is 10.1 Å². The van der Waals surface area contributed by atoms with Gasteiger partial charge in [0, 0.05) is 27.3 Å². The van der Waals surface area contributed by atoms with Gasteiger partial charge < -0.3 is 15.2 Å². The highest BCUT2D eigenvalue weighted by molar-refractivity contribution is 9.10. The van der Waals surface area contributed by atoms with Gasteiger partial charge in [0.05, 0.1) is 16.7 Å². The van der Waals surface area contributed by atoms with Crippen molar-refractivity contribution in [2.75, 3.05) is 23.1 Å². The largest absolute Gasteiger partial charge is 0.363 e. The Morgan fingerprint density at radius 3 is 1.56 bits per heavy atom. The molecule has 0 saturated carbocycles. The molecule has 6 aromatic rings. The van der Waals surface area contributed by atoms with E-state index >= 15 is 0 Å². The zero-order valence-electron chi connectivity index (χ0n) is 27.5. The van der Waals surface area contributed by atoms with E-state index in [9.17, 15) is 13.3 Å². The summed E-state index contributed by atoms with van der Waals surface area (Å²) in [5, 5.41) is 8.56. The highest BCUT2D eigenvalue weighted by Gasteiger charge is 2.13. The van der Waals surface area contributed by atoms with Gasteiger partial charge in [-0.2, -0.15) is 0 Å². The maximum Gasteiger partial charge on any atom is 0.138 e. The summed E-state index contributed by atoms with van der Waals surface area (Å²) >= 11 is 3.48. The van der Waals surface area contributed by atoms with Gasteiger partial charge in [0.15, 0.2) is 0 Å². The predicted molar refractivity (Wildman–Crippen MR) is 198 cm³/mol. The van der Waals surface area contributed by atoms with Crippen LogP contribution < -0.4 is 10.6 Å². The molecule has 2 atom stereocenters. The van der Waals surface area contributed by atoms with E-state index in [2.05, 4.69) is 50.9 Å². The minimum Gasteiger partial charge on any atom is -0.363 e. The minimum absolute atomic E-state index is 0.0112. The molecule has 0 fully saturated rings. The number of aromatic nitrogens is 4. The van der Waals surface area contributed by atoms with Gasteiger partial charge >= 0.3 is 0 Å². The lowest BCUT2D eigenvalue weighted by Crippen LogP contribution is -2.09. The first-order valence-corrected chi connectivity index (χ1v) is 18.7. The molecule has 0 radical (unpaired) electrons. The second kappa shape index (κ2) is 14.8. The van der Waals surface area contributed by atoms with E-state index in [-0.39, 0.29) is 23.7 Å². The summed E-state index contributed by atoms with van der Waals surface area (Å²) in [5.41, 5.74) is 4.35. The number of halogens is 3. The van der Waals surface area contributed by atoms with E-state index in [0.29, 0.717) is 23.2 Å². The van der Waals surface area contributed by atoms with Crippen LogP contribution in [0.3, 0.4) is 0 Å². The first kappa shape index (κ1) is 34.9. The van der Waals surface area contributed by atoms with E-state index in [4.69, 9.17) is 0 Å². The second-order valence-electron chi connectivity index (χ2n) is 11.9. The van der Waals surface area contributed by atoms with E-state index in [0.717, 1.165) is 43.2 Å². The average molecular weight is 735 g/mol. The minimum atomic E-state index is -2.29. The van der Waals surface area contributed by atoms with Crippen molar-refractivity contribution in [2.24, 2.45) is 4.36 Å². The van der Waals surface area contributed by atoms with Crippen LogP contribution in [0.1, 0.15) is 48.7 Å². The molecule has 8 nitrogen and oxygen atoms in total. The molecular formula is C36H38BrF2N7OS. The zero-order chi connectivity index (χ0) is 34.6. The summed E-state index contributed by atoms with van der Waals surface area (Å²) in [7, 11) is -2.29. The third kappa shape index (κ3) is 9.15. The number of hydrogen-bond acceptors (Lipinski definition) is 7. The molecular weight excluding hydrogens is 696 g/mol. The molecule has 2 aromatic heterocycles. The van der Waals surface area contributed by atoms with Crippen LogP contribution in [0.2, 0.25) is 0 Å². The molecule has 0 aliphatic rings. The summed E-state index contributed by atoms with van der Waals surface area (Å²) in [6.45, 7) is 7.73. The Morgan fingerprint density at radius 1 is 0.667 bits per heavy atom. The Hall–Kier alpha value is -4.39. The van der Waals surface area contributed by atoms with Crippen molar-refractivity contribution >= 4 is 65.2 Å². The van der Waals surface area contributed by atoms with Gasteiger partial charge in [-0.1, -0.05) is 40.2 Å². The maximum absolute atomic E-state index is 13.1. The fourth-order valence-electron chi connectivity index (χ4n) is 5.09. The summed E-state index contributed by atoms with van der Waals surface area (Å²) in [6, 6.07) is 24.4. The Kier molecular flexibility index (Phi) is 10.8. The normalized spacial score (nSPS) is 13.0. The lowest BCUT2D eigenvalue weighted by Gasteiger charge is -2.17. The van der Waals surface area contributed by atoms with Crippen LogP contribution >= 0.6 is 15.9 Å². The molecule has 2 heterocycles. The van der Waals surface area contributed by atoms with Crippen LogP contribution in [0.5, 0.6) is 0 Å². The molecule has 0 saturated heterocycles. The van der Waals surface area contributed by atoms with Gasteiger partial charge in [-0.3, -0.25) is 0 Å². The van der Waals surface area contributed by atoms with Crippen molar-refractivity contribution in [3.8, 4) is 0 Å². The molecule has 0 amide bonds. The molecule has 0 aliphatic heterocycles. The fraction of sp³-hybridized carbons (Fsp3) is 0.222. The number of thiol groups is 1. The third-order valence-electron chi connectivity index (χ3n) is 7.37. The van der Waals surface area contributed by atoms with Crippen LogP contribution in [0.15, 0.2) is 93.8 Å². The van der Waals surface area contributed by atoms with Gasteiger partial charge in [-0.05, 0) is 112 Å². The molecule has 0 unspecified atom stereocenters. The smallest absolute Gasteiger partial charge is 0.138 e. The summed E-state index contributed by atoms with van der Waals surface area (Å²) < 4.78 is 41.6. The number of aryl methyl sites for hydroxylation is 2. The quantitative estimate of drug-likeness (QED) is 0.121. The molecule has 48 heavy (non-hydrogen) atoms. The van der Waals surface area contributed by atoms with Crippen LogP contribution in [-0.4, -0.2) is 37.0 Å². The van der Waals surface area contributed by atoms with Crippen molar-refractivity contribution in [3.63, 3.8) is 0 Å². The van der Waals surface area contributed by atoms with Crippen molar-refractivity contribution in [1.82, 2.24) is 19.9 Å². The summed E-state index contributed by atoms with van der Waals surface area (Å²) in [5.74, 6) is 2.35. The molecule has 250 valence electrons. The van der Waals surface area contributed by atoms with Crippen LogP contribution in [0.4, 0.5) is 26.1 Å². The van der Waals surface area contributed by atoms with Crippen LogP contribution in [0.25, 0.3) is 21.8 Å². The Labute approximate surface area is 288 Å². The molecule has 4 aromatic carbocycles. The average Bonchev–Trinajstić information content (AvgIpc) is 3.02. The Morgan fingerprint density at radius 2 is 1.10 bits per heavy atom. The SMILES string of the molecule is Cc1nc(N[C@H](C)c2ccc(F)cc2)c2cc(Br)ccc2n1.Cc1nc(N[C@H](C)c2ccc(F)cc2)c2cc(N=[SH](C)(C)O)ccc2n1. The van der Waals surface area contributed by atoms with Crippen molar-refractivity contribution in [1.29, 1.82) is 0 Å². The van der Waals surface area contributed by atoms with Crippen molar-refractivity contribution in [2.45, 2.75) is 39.8 Å². The second-order valence-corrected chi connectivity index (χ2v) is 15.7. The predicted octanol–water partition coefficient (Wildman–Crippen LogP) is 9.70. The lowest BCUT2D eigenvalue weighted by molar-refractivity contribution is 0.626. The highest BCUT2D eigenvalue weighted by atomic mass is 79.9. The topological polar surface area (TPSA) is 108 Å². The number of nitrogens with zero attached hydrogens (tertiary/aromatic N) is 5. The summed E-state index contributed by atoms with van der Waals surface area (Å²) in [4.78, 5) is 18.0. The molecule has 0 aliphatic carbocycles. The maximum atomic E-state index is 13.1. The third-order valence-corrected chi connectivity index (χ3v) is 8.58. The van der Waals surface area contributed by atoms with Crippen molar-refractivity contribution in [3.05, 3.63) is 124 Å². The number of fused-ring (bicyclic) bond motifs is 2. The van der Waals surface area contributed by atoms with Crippen molar-refractivity contribution < 1.29 is 13.3 Å². The fourth-order valence-corrected chi connectivity index (χ4v) is 6.14. The molecule has 0 bridgehead atoms. The van der Waals surface area contributed by atoms with E-state index in [1.807, 2.05) is 64.1 Å². The van der Waals surface area contributed by atoms with Gasteiger partial charge in [0.1, 0.15) is 34.9 Å². The van der Waals surface area contributed by atoms with Crippen LogP contribution in [-0.2, 0) is 10.1 Å². The number of hydrogen-bond donors (Lipinski definition) is 4. The molecule has 6 rings (SSSR count). The Bertz CT molecular complexity index is 2120. The van der Waals surface area contributed by atoms with Gasteiger partial charge in [0.25, 0.3) is 0 Å². The zero-order valence-corrected chi connectivity index (χ0v) is 30.0. The first-order valence-electron chi connectivity index (χ1n) is 15.3. The first-order chi connectivity index (χ1) is 22.7. The van der Waals surface area contributed by atoms with Gasteiger partial charge in [-0.25, -0.2) is 33.1 Å². The number of anilines is 2. The monoisotopic (exact) mass is 733 g/mol. The standard InChI is InChI=1S/C19H23FN4OS.C17H15BrFN3/c1-12(14-5-7-15(20)8-6-14)21-19-17-11-16(24-26(3,4)25)9-10-18(17)22-13(2)23-19;1-10(12-3-6-14(19)7-4-12)20-17-15-9-13(18)5-8-16(15)21-11(2)22-17/h5-12,26H,1-4H3,(H,24,25)(H,21,22,23);3-10H,1-2H3,(H,20,21,22)/t12-;10-/m11/s1. The number of rotatable bonds is 7. The van der Waals surface area contributed by atoms with Gasteiger partial charge in [-0.15, -0.1) is 10.1 Å². The number of benzene rings is 4. The summed E-state index contributed by atoms with van der Waals surface area (Å²) in [6.07, 6.45) is 3.47. The number of nitrogens with one attached hydrogen (secondary N) is 2.